The van der Waals surface area contributed by atoms with E-state index in [1.165, 1.54) is 23.9 Å². The fourth-order valence-corrected chi connectivity index (χ4v) is 4.40. The summed E-state index contributed by atoms with van der Waals surface area (Å²) in [6.07, 6.45) is 0. The molecule has 1 N–H and O–H groups in total. The number of carbonyl (C=O) groups is 1. The lowest BCUT2D eigenvalue weighted by Gasteiger charge is -2.28. The Bertz CT molecular complexity index is 1140. The molecule has 2 heterocycles. The van der Waals surface area contributed by atoms with Crippen LogP contribution in [0.2, 0.25) is 0 Å². The van der Waals surface area contributed by atoms with Crippen LogP contribution in [0, 0.1) is 6.92 Å². The van der Waals surface area contributed by atoms with Gasteiger partial charge in [-0.15, -0.1) is 10.2 Å². The minimum atomic E-state index is -2.99. The number of para-hydroxylation sites is 3. The normalized spacial score (nSPS) is 14.8. The summed E-state index contributed by atoms with van der Waals surface area (Å²) >= 11 is 1.24. The Hall–Kier alpha value is -3.18. The van der Waals surface area contributed by atoms with Gasteiger partial charge in [-0.05, 0) is 37.6 Å². The van der Waals surface area contributed by atoms with E-state index in [1.807, 2.05) is 35.8 Å². The number of amides is 1. The average molecular weight is 490 g/mol. The number of hydrogen-bond acceptors (Lipinski definition) is 7. The Kier molecular flexibility index (Phi) is 7.63. The minimum absolute atomic E-state index is 0.0965. The van der Waals surface area contributed by atoms with Gasteiger partial charge in [-0.3, -0.25) is 9.36 Å². The topological polar surface area (TPSA) is 81.5 Å². The van der Waals surface area contributed by atoms with Gasteiger partial charge in [-0.25, -0.2) is 0 Å². The summed E-state index contributed by atoms with van der Waals surface area (Å²) in [6, 6.07) is 14.0. The number of anilines is 2. The highest BCUT2D eigenvalue weighted by atomic mass is 32.2. The number of aryl methyl sites for hydroxylation is 1. The van der Waals surface area contributed by atoms with Gasteiger partial charge in [0.1, 0.15) is 5.75 Å². The van der Waals surface area contributed by atoms with Crippen LogP contribution in [0.1, 0.15) is 12.5 Å². The molecule has 34 heavy (non-hydrogen) atoms. The Morgan fingerprint density at radius 2 is 1.82 bits per heavy atom. The van der Waals surface area contributed by atoms with E-state index >= 15 is 0 Å². The molecule has 2 aromatic carbocycles. The smallest absolute Gasteiger partial charge is 0.387 e. The predicted octanol–water partition coefficient (Wildman–Crippen LogP) is 4.13. The summed E-state index contributed by atoms with van der Waals surface area (Å²) in [5.41, 5.74) is 2.13. The number of aromatic nitrogens is 3. The summed E-state index contributed by atoms with van der Waals surface area (Å²) in [7, 11) is 0. The van der Waals surface area contributed by atoms with Crippen LogP contribution in [-0.4, -0.2) is 58.8 Å². The van der Waals surface area contributed by atoms with Crippen molar-refractivity contribution in [3.63, 3.8) is 0 Å². The number of rotatable bonds is 8. The number of ether oxygens (including phenoxy) is 2. The van der Waals surface area contributed by atoms with E-state index in [1.54, 1.807) is 19.1 Å². The first kappa shape index (κ1) is 24.0. The number of halogens is 2. The van der Waals surface area contributed by atoms with Crippen LogP contribution >= 0.6 is 11.8 Å². The number of thioether (sulfide) groups is 1. The van der Waals surface area contributed by atoms with Crippen LogP contribution in [-0.2, 0) is 9.53 Å². The van der Waals surface area contributed by atoms with Crippen molar-refractivity contribution >= 4 is 29.3 Å². The van der Waals surface area contributed by atoms with E-state index in [0.717, 1.165) is 11.3 Å². The monoisotopic (exact) mass is 489 g/mol. The van der Waals surface area contributed by atoms with Crippen LogP contribution in [0.4, 0.5) is 20.4 Å². The maximum absolute atomic E-state index is 12.9. The number of alkyl halides is 2. The maximum Gasteiger partial charge on any atom is 0.387 e. The standard InChI is InChI=1S/C23H25F2N5O3S/c1-15-7-3-5-9-18(15)30-22(29-11-13-32-14-12-29)27-28-23(30)34-16(2)20(31)26-17-8-4-6-10-19(17)33-21(24)25/h3-10,16,21H,11-14H2,1-2H3,(H,26,31). The second-order valence-electron chi connectivity index (χ2n) is 7.63. The van der Waals surface area contributed by atoms with Crippen molar-refractivity contribution in [3.05, 3.63) is 54.1 Å². The van der Waals surface area contributed by atoms with Crippen molar-refractivity contribution in [1.82, 2.24) is 14.8 Å². The summed E-state index contributed by atoms with van der Waals surface area (Å²) < 4.78 is 37.3. The molecule has 0 bridgehead atoms. The first-order chi connectivity index (χ1) is 16.4. The summed E-state index contributed by atoms with van der Waals surface area (Å²) in [5.74, 6) is 0.215. The van der Waals surface area contributed by atoms with Crippen LogP contribution < -0.4 is 15.0 Å². The van der Waals surface area contributed by atoms with E-state index in [9.17, 15) is 13.6 Å². The van der Waals surface area contributed by atoms with E-state index in [4.69, 9.17) is 4.74 Å². The molecule has 1 unspecified atom stereocenters. The fraction of sp³-hybridized carbons (Fsp3) is 0.348. The lowest BCUT2D eigenvalue weighted by atomic mass is 10.2. The molecule has 1 aromatic heterocycles. The molecular formula is C23H25F2N5O3S. The van der Waals surface area contributed by atoms with Gasteiger partial charge in [-0.1, -0.05) is 42.1 Å². The molecule has 1 amide bonds. The highest BCUT2D eigenvalue weighted by Crippen LogP contribution is 2.32. The van der Waals surface area contributed by atoms with Crippen LogP contribution in [0.15, 0.2) is 53.7 Å². The number of morpholine rings is 1. The summed E-state index contributed by atoms with van der Waals surface area (Å²) in [6.45, 7) is 3.31. The zero-order chi connectivity index (χ0) is 24.1. The van der Waals surface area contributed by atoms with Gasteiger partial charge in [0.25, 0.3) is 0 Å². The predicted molar refractivity (Wildman–Crippen MR) is 126 cm³/mol. The molecule has 8 nitrogen and oxygen atoms in total. The Balaban J connectivity index is 1.58. The molecule has 0 spiro atoms. The number of nitrogens with one attached hydrogen (secondary N) is 1. The highest BCUT2D eigenvalue weighted by molar-refractivity contribution is 8.00. The van der Waals surface area contributed by atoms with Gasteiger partial charge in [0.05, 0.1) is 29.8 Å². The van der Waals surface area contributed by atoms with E-state index < -0.39 is 11.9 Å². The van der Waals surface area contributed by atoms with Crippen LogP contribution in [0.3, 0.4) is 0 Å². The van der Waals surface area contributed by atoms with Gasteiger partial charge in [0, 0.05) is 13.1 Å². The van der Waals surface area contributed by atoms with Gasteiger partial charge in [0.15, 0.2) is 5.16 Å². The third-order valence-electron chi connectivity index (χ3n) is 5.28. The largest absolute Gasteiger partial charge is 0.433 e. The fourth-order valence-electron chi connectivity index (χ4n) is 3.55. The molecule has 1 aliphatic rings. The van der Waals surface area contributed by atoms with Crippen molar-refractivity contribution in [1.29, 1.82) is 0 Å². The van der Waals surface area contributed by atoms with Crippen molar-refractivity contribution in [2.75, 3.05) is 36.5 Å². The molecule has 0 aliphatic carbocycles. The summed E-state index contributed by atoms with van der Waals surface area (Å²) in [4.78, 5) is 15.0. The van der Waals surface area contributed by atoms with Crippen molar-refractivity contribution < 1.29 is 23.0 Å². The average Bonchev–Trinajstić information content (AvgIpc) is 3.24. The SMILES string of the molecule is Cc1ccccc1-n1c(SC(C)C(=O)Nc2ccccc2OC(F)F)nnc1N1CCOCC1. The maximum atomic E-state index is 12.9. The molecule has 3 aromatic rings. The minimum Gasteiger partial charge on any atom is -0.433 e. The van der Waals surface area contributed by atoms with Crippen LogP contribution in [0.25, 0.3) is 5.69 Å². The molecule has 1 aliphatic heterocycles. The molecule has 0 radical (unpaired) electrons. The molecule has 1 saturated heterocycles. The number of carbonyl (C=O) groups excluding carboxylic acids is 1. The third kappa shape index (κ3) is 5.48. The molecular weight excluding hydrogens is 464 g/mol. The lowest BCUT2D eigenvalue weighted by Crippen LogP contribution is -2.38. The highest BCUT2D eigenvalue weighted by Gasteiger charge is 2.26. The Labute approximate surface area is 200 Å². The first-order valence-corrected chi connectivity index (χ1v) is 11.7. The number of nitrogens with zero attached hydrogens (tertiary/aromatic N) is 4. The lowest BCUT2D eigenvalue weighted by molar-refractivity contribution is -0.115. The van der Waals surface area contributed by atoms with Gasteiger partial charge < -0.3 is 19.7 Å². The van der Waals surface area contributed by atoms with Crippen molar-refractivity contribution in [3.8, 4) is 11.4 Å². The Morgan fingerprint density at radius 1 is 1.12 bits per heavy atom. The molecule has 11 heteroatoms. The molecule has 1 fully saturated rings. The van der Waals surface area contributed by atoms with Crippen molar-refractivity contribution in [2.24, 2.45) is 0 Å². The molecule has 4 rings (SSSR count). The zero-order valence-electron chi connectivity index (χ0n) is 18.8. The zero-order valence-corrected chi connectivity index (χ0v) is 19.6. The second-order valence-corrected chi connectivity index (χ2v) is 8.94. The third-order valence-corrected chi connectivity index (χ3v) is 6.32. The second kappa shape index (κ2) is 10.8. The van der Waals surface area contributed by atoms with Crippen LogP contribution in [0.5, 0.6) is 5.75 Å². The van der Waals surface area contributed by atoms with Gasteiger partial charge >= 0.3 is 6.61 Å². The van der Waals surface area contributed by atoms with Gasteiger partial charge in [0.2, 0.25) is 11.9 Å². The quantitative estimate of drug-likeness (QED) is 0.477. The van der Waals surface area contributed by atoms with Gasteiger partial charge in [-0.2, -0.15) is 8.78 Å². The van der Waals surface area contributed by atoms with E-state index in [2.05, 4.69) is 25.2 Å². The van der Waals surface area contributed by atoms with E-state index in [-0.39, 0.29) is 17.3 Å². The van der Waals surface area contributed by atoms with Crippen molar-refractivity contribution in [2.45, 2.75) is 30.9 Å². The molecule has 1 atom stereocenters. The summed E-state index contributed by atoms with van der Waals surface area (Å²) in [5, 5.41) is 11.4. The van der Waals surface area contributed by atoms with E-state index in [0.29, 0.717) is 37.4 Å². The Morgan fingerprint density at radius 3 is 2.56 bits per heavy atom. The number of hydrogen-bond donors (Lipinski definition) is 1. The number of benzene rings is 2. The molecule has 180 valence electrons. The molecule has 0 saturated carbocycles. The first-order valence-electron chi connectivity index (χ1n) is 10.8.